The Morgan fingerprint density at radius 3 is 2.59 bits per heavy atom. The maximum Gasteiger partial charge on any atom is 0.149 e. The van der Waals surface area contributed by atoms with Gasteiger partial charge >= 0.3 is 0 Å². The fraction of sp³-hybridized carbons (Fsp3) is 0.500. The Hall–Kier alpha value is -2.14. The van der Waals surface area contributed by atoms with Crippen molar-refractivity contribution in [2.45, 2.75) is 54.9 Å². The molecule has 1 saturated heterocycles. The number of nitriles is 1. The average Bonchev–Trinajstić information content (AvgIpc) is 3.18. The van der Waals surface area contributed by atoms with Gasteiger partial charge in [0.15, 0.2) is 0 Å². The van der Waals surface area contributed by atoms with Crippen LogP contribution in [0.5, 0.6) is 0 Å². The van der Waals surface area contributed by atoms with Gasteiger partial charge in [-0.2, -0.15) is 5.26 Å². The van der Waals surface area contributed by atoms with E-state index >= 15 is 0 Å². The van der Waals surface area contributed by atoms with Crippen LogP contribution in [0.1, 0.15) is 54.7 Å². The molecule has 3 aliphatic rings. The highest BCUT2D eigenvalue weighted by molar-refractivity contribution is 7.85. The predicted molar refractivity (Wildman–Crippen MR) is 127 cm³/mol. The molecule has 168 valence electrons. The van der Waals surface area contributed by atoms with E-state index in [-0.39, 0.29) is 12.1 Å². The van der Waals surface area contributed by atoms with E-state index in [9.17, 15) is 14.6 Å². The van der Waals surface area contributed by atoms with Crippen LogP contribution < -0.4 is 10.2 Å². The van der Waals surface area contributed by atoms with Crippen molar-refractivity contribution in [2.24, 2.45) is 0 Å². The van der Waals surface area contributed by atoms with Crippen molar-refractivity contribution in [1.82, 2.24) is 4.98 Å². The first-order valence-corrected chi connectivity index (χ1v) is 13.0. The molecule has 1 saturated carbocycles. The summed E-state index contributed by atoms with van der Waals surface area (Å²) in [5.41, 5.74) is 2.34. The first kappa shape index (κ1) is 21.7. The van der Waals surface area contributed by atoms with Gasteiger partial charge in [-0.05, 0) is 67.7 Å². The summed E-state index contributed by atoms with van der Waals surface area (Å²) in [6, 6.07) is 10.4. The maximum absolute atomic E-state index is 12.8. The Morgan fingerprint density at radius 2 is 2.00 bits per heavy atom. The standard InChI is InChI=1S/C24H27ClN4O2S/c25-18-4-2-16(3-5-18)17-6-11-29(12-7-17)23-20(14-26)19-8-13-32(31)21(19)22(27-23)28-24(15-30)9-1-10-24/h2-5,17,30H,1,6-13,15H2,(H,27,28)/t32-/m0/s1. The molecule has 2 aromatic rings. The second-order valence-corrected chi connectivity index (χ2v) is 11.1. The van der Waals surface area contributed by atoms with E-state index in [1.165, 1.54) is 5.56 Å². The van der Waals surface area contributed by atoms with Crippen LogP contribution in [-0.2, 0) is 17.2 Å². The number of benzene rings is 1. The van der Waals surface area contributed by atoms with Crippen molar-refractivity contribution < 1.29 is 9.32 Å². The Kier molecular flexibility index (Phi) is 5.87. The van der Waals surface area contributed by atoms with Gasteiger partial charge in [-0.25, -0.2) is 4.98 Å². The van der Waals surface area contributed by atoms with Crippen LogP contribution in [0.2, 0.25) is 5.02 Å². The van der Waals surface area contributed by atoms with Gasteiger partial charge in [0, 0.05) is 23.9 Å². The SMILES string of the molecule is N#Cc1c(N2CCC(c3ccc(Cl)cc3)CC2)nc(NC2(CO)CCC2)c2c1CC[S@@]2=O. The van der Waals surface area contributed by atoms with Crippen LogP contribution in [0.4, 0.5) is 11.6 Å². The number of aliphatic hydroxyl groups excluding tert-OH is 1. The van der Waals surface area contributed by atoms with Gasteiger partial charge in [0.25, 0.3) is 0 Å². The molecule has 1 atom stereocenters. The molecule has 2 aliphatic heterocycles. The topological polar surface area (TPSA) is 89.2 Å². The van der Waals surface area contributed by atoms with E-state index in [0.717, 1.165) is 55.8 Å². The minimum absolute atomic E-state index is 0.0257. The molecule has 1 aromatic carbocycles. The maximum atomic E-state index is 12.8. The second kappa shape index (κ2) is 8.66. The molecular formula is C24H27ClN4O2S. The van der Waals surface area contributed by atoms with Gasteiger partial charge in [-0.3, -0.25) is 4.21 Å². The molecule has 1 aliphatic carbocycles. The summed E-state index contributed by atoms with van der Waals surface area (Å²) in [7, 11) is -1.17. The summed E-state index contributed by atoms with van der Waals surface area (Å²) in [5.74, 6) is 2.27. The zero-order chi connectivity index (χ0) is 22.3. The molecule has 0 spiro atoms. The third kappa shape index (κ3) is 3.79. The summed E-state index contributed by atoms with van der Waals surface area (Å²) in [5, 5.41) is 24.1. The highest BCUT2D eigenvalue weighted by Crippen LogP contribution is 2.42. The predicted octanol–water partition coefficient (Wildman–Crippen LogP) is 3.98. The van der Waals surface area contributed by atoms with E-state index < -0.39 is 10.8 Å². The monoisotopic (exact) mass is 470 g/mol. The minimum Gasteiger partial charge on any atom is -0.394 e. The number of anilines is 2. The molecule has 2 fully saturated rings. The highest BCUT2D eigenvalue weighted by Gasteiger charge is 2.39. The molecule has 0 unspecified atom stereocenters. The molecule has 1 aromatic heterocycles. The molecular weight excluding hydrogens is 444 g/mol. The van der Waals surface area contributed by atoms with Gasteiger partial charge in [0.1, 0.15) is 17.7 Å². The lowest BCUT2D eigenvalue weighted by molar-refractivity contribution is 0.143. The lowest BCUT2D eigenvalue weighted by Crippen LogP contribution is -2.48. The number of rotatable bonds is 5. The zero-order valence-corrected chi connectivity index (χ0v) is 19.5. The Morgan fingerprint density at radius 1 is 1.28 bits per heavy atom. The van der Waals surface area contributed by atoms with Crippen LogP contribution in [0.3, 0.4) is 0 Å². The molecule has 5 rings (SSSR count). The fourth-order valence-electron chi connectivity index (χ4n) is 5.15. The zero-order valence-electron chi connectivity index (χ0n) is 17.9. The number of pyridine rings is 1. The van der Waals surface area contributed by atoms with Gasteiger partial charge in [-0.15, -0.1) is 0 Å². The number of nitrogens with zero attached hydrogens (tertiary/aromatic N) is 3. The fourth-order valence-corrected chi connectivity index (χ4v) is 6.66. The van der Waals surface area contributed by atoms with E-state index in [0.29, 0.717) is 40.2 Å². The molecule has 6 nitrogen and oxygen atoms in total. The van der Waals surface area contributed by atoms with Crippen molar-refractivity contribution >= 4 is 34.0 Å². The minimum atomic E-state index is -1.17. The van der Waals surface area contributed by atoms with Crippen LogP contribution in [0.25, 0.3) is 0 Å². The molecule has 3 heterocycles. The highest BCUT2D eigenvalue weighted by atomic mass is 35.5. The van der Waals surface area contributed by atoms with Crippen molar-refractivity contribution in [1.29, 1.82) is 5.26 Å². The van der Waals surface area contributed by atoms with Crippen molar-refractivity contribution in [3.8, 4) is 6.07 Å². The van der Waals surface area contributed by atoms with Gasteiger partial charge in [0.2, 0.25) is 0 Å². The first-order chi connectivity index (χ1) is 15.5. The van der Waals surface area contributed by atoms with Crippen molar-refractivity contribution in [2.75, 3.05) is 35.7 Å². The molecule has 2 N–H and O–H groups in total. The number of hydrogen-bond acceptors (Lipinski definition) is 6. The van der Waals surface area contributed by atoms with E-state index in [2.05, 4.69) is 28.4 Å². The summed E-state index contributed by atoms with van der Waals surface area (Å²) in [6.45, 7) is 1.64. The van der Waals surface area contributed by atoms with E-state index in [1.807, 2.05) is 12.1 Å². The molecule has 0 amide bonds. The second-order valence-electron chi connectivity index (χ2n) is 9.11. The summed E-state index contributed by atoms with van der Waals surface area (Å²) < 4.78 is 12.8. The number of fused-ring (bicyclic) bond motifs is 1. The third-order valence-electron chi connectivity index (χ3n) is 7.24. The third-order valence-corrected chi connectivity index (χ3v) is 8.96. The summed E-state index contributed by atoms with van der Waals surface area (Å²) in [4.78, 5) is 7.75. The average molecular weight is 471 g/mol. The number of halogens is 1. The van der Waals surface area contributed by atoms with Crippen LogP contribution in [-0.4, -0.2) is 45.3 Å². The van der Waals surface area contributed by atoms with E-state index in [1.54, 1.807) is 0 Å². The lowest BCUT2D eigenvalue weighted by atomic mass is 9.77. The molecule has 8 heteroatoms. The lowest BCUT2D eigenvalue weighted by Gasteiger charge is -2.42. The van der Waals surface area contributed by atoms with Gasteiger partial charge in [-0.1, -0.05) is 23.7 Å². The molecule has 0 bridgehead atoms. The van der Waals surface area contributed by atoms with Crippen LogP contribution >= 0.6 is 11.6 Å². The largest absolute Gasteiger partial charge is 0.394 e. The number of hydrogen-bond donors (Lipinski definition) is 2. The quantitative estimate of drug-likeness (QED) is 0.687. The van der Waals surface area contributed by atoms with Crippen molar-refractivity contribution in [3.63, 3.8) is 0 Å². The number of aliphatic hydroxyl groups is 1. The van der Waals surface area contributed by atoms with Crippen LogP contribution in [0, 0.1) is 11.3 Å². The molecule has 32 heavy (non-hydrogen) atoms. The summed E-state index contributed by atoms with van der Waals surface area (Å²) >= 11 is 6.04. The number of aromatic nitrogens is 1. The van der Waals surface area contributed by atoms with Crippen LogP contribution in [0.15, 0.2) is 29.2 Å². The first-order valence-electron chi connectivity index (χ1n) is 11.3. The normalized spacial score (nSPS) is 22.2. The number of piperidine rings is 1. The summed E-state index contributed by atoms with van der Waals surface area (Å²) in [6.07, 6.45) is 5.37. The smallest absolute Gasteiger partial charge is 0.149 e. The Labute approximate surface area is 196 Å². The Bertz CT molecular complexity index is 1080. The van der Waals surface area contributed by atoms with Gasteiger partial charge in [0.05, 0.1) is 33.4 Å². The number of nitrogens with one attached hydrogen (secondary N) is 1. The molecule has 0 radical (unpaired) electrons. The van der Waals surface area contributed by atoms with Gasteiger partial charge < -0.3 is 15.3 Å². The van der Waals surface area contributed by atoms with E-state index in [4.69, 9.17) is 16.6 Å². The van der Waals surface area contributed by atoms with Crippen molar-refractivity contribution in [3.05, 3.63) is 46.0 Å². The Balaban J connectivity index is 1.45.